The normalized spacial score (nSPS) is 20.8. The summed E-state index contributed by atoms with van der Waals surface area (Å²) in [5, 5.41) is 0. The van der Waals surface area contributed by atoms with Gasteiger partial charge in [-0.25, -0.2) is 4.39 Å². The third kappa shape index (κ3) is 5.67. The van der Waals surface area contributed by atoms with Gasteiger partial charge in [-0.05, 0) is 75.0 Å². The van der Waals surface area contributed by atoms with Crippen LogP contribution in [0, 0.1) is 0 Å². The Morgan fingerprint density at radius 2 is 1.68 bits per heavy atom. The maximum absolute atomic E-state index is 13.5. The lowest BCUT2D eigenvalue weighted by atomic mass is 9.94. The summed E-state index contributed by atoms with van der Waals surface area (Å²) in [5.74, 6) is 0.426. The smallest absolute Gasteiger partial charge is 0.101 e. The van der Waals surface area contributed by atoms with Crippen LogP contribution in [0.15, 0.2) is 54.6 Å². The Bertz CT molecular complexity index is 694. The van der Waals surface area contributed by atoms with Gasteiger partial charge in [-0.15, -0.1) is 0 Å². The molecule has 0 saturated heterocycles. The number of hydrogen-bond acceptors (Lipinski definition) is 1. The standard InChI is InChI=1S/C26H36FN/c1-4-26(28(20(2)3)19-22-8-6-5-7-9-22)17-12-21-10-13-23(14-11-21)24-15-16-25(27)18-24/h5-11,13-14,20,24-26H,4,12,15-19H2,1-3H3. The van der Waals surface area contributed by atoms with Gasteiger partial charge in [0.1, 0.15) is 6.17 Å². The second kappa shape index (κ2) is 10.2. The average molecular weight is 382 g/mol. The Morgan fingerprint density at radius 1 is 0.964 bits per heavy atom. The summed E-state index contributed by atoms with van der Waals surface area (Å²) in [4.78, 5) is 2.64. The Labute approximate surface area is 171 Å². The Balaban J connectivity index is 1.58. The lowest BCUT2D eigenvalue weighted by Crippen LogP contribution is -2.39. The molecule has 2 aromatic rings. The molecular weight excluding hydrogens is 345 g/mol. The molecule has 2 aromatic carbocycles. The van der Waals surface area contributed by atoms with Gasteiger partial charge in [0.15, 0.2) is 0 Å². The van der Waals surface area contributed by atoms with Gasteiger partial charge in [-0.1, -0.05) is 61.5 Å². The minimum Gasteiger partial charge on any atom is -0.294 e. The highest BCUT2D eigenvalue weighted by Crippen LogP contribution is 2.36. The van der Waals surface area contributed by atoms with Gasteiger partial charge < -0.3 is 0 Å². The molecule has 1 nitrogen and oxygen atoms in total. The van der Waals surface area contributed by atoms with E-state index in [-0.39, 0.29) is 0 Å². The molecule has 0 heterocycles. The fraction of sp³-hybridized carbons (Fsp3) is 0.538. The molecule has 0 bridgehead atoms. The van der Waals surface area contributed by atoms with Gasteiger partial charge >= 0.3 is 0 Å². The van der Waals surface area contributed by atoms with Crippen LogP contribution >= 0.6 is 0 Å². The van der Waals surface area contributed by atoms with Gasteiger partial charge in [-0.2, -0.15) is 0 Å². The van der Waals surface area contributed by atoms with Crippen molar-refractivity contribution < 1.29 is 4.39 Å². The molecule has 152 valence electrons. The fourth-order valence-electron chi connectivity index (χ4n) is 4.65. The van der Waals surface area contributed by atoms with Crippen LogP contribution in [0.25, 0.3) is 0 Å². The van der Waals surface area contributed by atoms with Gasteiger partial charge in [0.2, 0.25) is 0 Å². The Hall–Kier alpha value is -1.67. The maximum Gasteiger partial charge on any atom is 0.101 e. The predicted molar refractivity (Wildman–Crippen MR) is 117 cm³/mol. The predicted octanol–water partition coefficient (Wildman–Crippen LogP) is 6.91. The van der Waals surface area contributed by atoms with Crippen molar-refractivity contribution in [1.29, 1.82) is 0 Å². The maximum atomic E-state index is 13.5. The van der Waals surface area contributed by atoms with E-state index in [1.165, 1.54) is 29.5 Å². The van der Waals surface area contributed by atoms with Crippen molar-refractivity contribution in [3.05, 3.63) is 71.3 Å². The summed E-state index contributed by atoms with van der Waals surface area (Å²) in [7, 11) is 0. The van der Waals surface area contributed by atoms with Crippen molar-refractivity contribution >= 4 is 0 Å². The molecule has 0 N–H and O–H groups in total. The van der Waals surface area contributed by atoms with Gasteiger partial charge in [0.25, 0.3) is 0 Å². The van der Waals surface area contributed by atoms with Crippen LogP contribution < -0.4 is 0 Å². The SMILES string of the molecule is CCC(CCc1ccc(C2CCC(F)C2)cc1)N(Cc1ccccc1)C(C)C. The Morgan fingerprint density at radius 3 is 2.25 bits per heavy atom. The van der Waals surface area contributed by atoms with Gasteiger partial charge in [0.05, 0.1) is 0 Å². The van der Waals surface area contributed by atoms with Crippen LogP contribution in [0.5, 0.6) is 0 Å². The van der Waals surface area contributed by atoms with E-state index in [0.717, 1.165) is 25.8 Å². The molecule has 3 rings (SSSR count). The molecule has 3 atom stereocenters. The largest absolute Gasteiger partial charge is 0.294 e. The summed E-state index contributed by atoms with van der Waals surface area (Å²) < 4.78 is 13.5. The first-order valence-electron chi connectivity index (χ1n) is 11.1. The molecular formula is C26H36FN. The summed E-state index contributed by atoms with van der Waals surface area (Å²) in [5.41, 5.74) is 4.12. The summed E-state index contributed by atoms with van der Waals surface area (Å²) >= 11 is 0. The topological polar surface area (TPSA) is 3.24 Å². The highest BCUT2D eigenvalue weighted by molar-refractivity contribution is 5.26. The van der Waals surface area contributed by atoms with E-state index < -0.39 is 6.17 Å². The van der Waals surface area contributed by atoms with Crippen LogP contribution in [0.3, 0.4) is 0 Å². The third-order valence-corrected chi connectivity index (χ3v) is 6.40. The number of hydrogen-bond donors (Lipinski definition) is 0. The van der Waals surface area contributed by atoms with Crippen molar-refractivity contribution in [2.45, 2.75) is 90.0 Å². The fourth-order valence-corrected chi connectivity index (χ4v) is 4.65. The molecule has 1 aliphatic carbocycles. The van der Waals surface area contributed by atoms with Crippen molar-refractivity contribution in [3.63, 3.8) is 0 Å². The number of aryl methyl sites for hydroxylation is 1. The zero-order valence-corrected chi connectivity index (χ0v) is 17.8. The number of nitrogens with zero attached hydrogens (tertiary/aromatic N) is 1. The lowest BCUT2D eigenvalue weighted by molar-refractivity contribution is 0.132. The molecule has 2 heteroatoms. The molecule has 1 aliphatic rings. The first kappa shape index (κ1) is 21.0. The molecule has 0 aromatic heterocycles. The van der Waals surface area contributed by atoms with Crippen molar-refractivity contribution in [3.8, 4) is 0 Å². The van der Waals surface area contributed by atoms with Crippen LogP contribution in [-0.2, 0) is 13.0 Å². The zero-order chi connectivity index (χ0) is 19.9. The van der Waals surface area contributed by atoms with Crippen LogP contribution in [0.1, 0.15) is 75.5 Å². The summed E-state index contributed by atoms with van der Waals surface area (Å²) in [6, 6.07) is 20.9. The molecule has 3 unspecified atom stereocenters. The van der Waals surface area contributed by atoms with Crippen molar-refractivity contribution in [2.75, 3.05) is 0 Å². The molecule has 0 radical (unpaired) electrons. The summed E-state index contributed by atoms with van der Waals surface area (Å²) in [6.45, 7) is 7.93. The second-order valence-electron chi connectivity index (χ2n) is 8.70. The monoisotopic (exact) mass is 381 g/mol. The summed E-state index contributed by atoms with van der Waals surface area (Å²) in [6.07, 6.45) is 5.30. The molecule has 1 saturated carbocycles. The van der Waals surface area contributed by atoms with E-state index in [9.17, 15) is 4.39 Å². The van der Waals surface area contributed by atoms with E-state index in [1.54, 1.807) is 0 Å². The van der Waals surface area contributed by atoms with Crippen molar-refractivity contribution in [2.24, 2.45) is 0 Å². The highest BCUT2D eigenvalue weighted by atomic mass is 19.1. The van der Waals surface area contributed by atoms with Crippen LogP contribution in [-0.4, -0.2) is 23.2 Å². The van der Waals surface area contributed by atoms with E-state index >= 15 is 0 Å². The van der Waals surface area contributed by atoms with E-state index in [2.05, 4.69) is 80.3 Å². The molecule has 28 heavy (non-hydrogen) atoms. The van der Waals surface area contributed by atoms with Crippen LogP contribution in [0.2, 0.25) is 0 Å². The number of halogens is 1. The lowest BCUT2D eigenvalue weighted by Gasteiger charge is -2.35. The molecule has 0 aliphatic heterocycles. The minimum absolute atomic E-state index is 0.426. The number of alkyl halides is 1. The first-order valence-corrected chi connectivity index (χ1v) is 11.1. The minimum atomic E-state index is -0.596. The van der Waals surface area contributed by atoms with E-state index in [4.69, 9.17) is 0 Å². The first-order chi connectivity index (χ1) is 13.6. The van der Waals surface area contributed by atoms with Gasteiger partial charge in [0, 0.05) is 18.6 Å². The zero-order valence-electron chi connectivity index (χ0n) is 17.8. The molecule has 1 fully saturated rings. The quantitative estimate of drug-likeness (QED) is 0.456. The van der Waals surface area contributed by atoms with Crippen molar-refractivity contribution in [1.82, 2.24) is 4.90 Å². The van der Waals surface area contributed by atoms with Gasteiger partial charge in [-0.3, -0.25) is 4.90 Å². The molecule has 0 spiro atoms. The number of benzene rings is 2. The van der Waals surface area contributed by atoms with E-state index in [0.29, 0.717) is 24.4 Å². The molecule has 0 amide bonds. The second-order valence-corrected chi connectivity index (χ2v) is 8.70. The Kier molecular flexibility index (Phi) is 7.67. The average Bonchev–Trinajstić information content (AvgIpc) is 3.15. The highest BCUT2D eigenvalue weighted by Gasteiger charge is 2.25. The van der Waals surface area contributed by atoms with E-state index in [1.807, 2.05) is 0 Å². The number of rotatable bonds is 9. The third-order valence-electron chi connectivity index (χ3n) is 6.40. The van der Waals surface area contributed by atoms with Crippen LogP contribution in [0.4, 0.5) is 4.39 Å².